The van der Waals surface area contributed by atoms with Crippen LogP contribution >= 0.6 is 0 Å². The van der Waals surface area contributed by atoms with E-state index >= 15 is 0 Å². The Kier molecular flexibility index (Phi) is 36.7. The molecule has 0 fully saturated rings. The predicted molar refractivity (Wildman–Crippen MR) is 551 cm³/mol. The van der Waals surface area contributed by atoms with Gasteiger partial charge in [-0.2, -0.15) is 45.9 Å². The average Bonchev–Trinajstić information content (AvgIpc) is 0.826. The van der Waals surface area contributed by atoms with Gasteiger partial charge in [0, 0.05) is 167 Å². The van der Waals surface area contributed by atoms with Gasteiger partial charge in [0.2, 0.25) is 0 Å². The maximum Gasteiger partial charge on any atom is 0.267 e. The normalized spacial score (nSPS) is 10.5. The summed E-state index contributed by atoms with van der Waals surface area (Å²) in [5.74, 6) is 0. The summed E-state index contributed by atoms with van der Waals surface area (Å²) in [5, 5.41) is 38.4. The van der Waals surface area contributed by atoms with E-state index in [1.807, 2.05) is 261 Å². The summed E-state index contributed by atoms with van der Waals surface area (Å²) >= 11 is 0. The molecule has 0 aliphatic rings. The Morgan fingerprint density at radius 1 is 0.166 bits per heavy atom. The van der Waals surface area contributed by atoms with E-state index in [0.29, 0.717) is 105 Å². The number of rotatable bonds is 26. The van der Waals surface area contributed by atoms with Crippen molar-refractivity contribution < 1.29 is 0 Å². The van der Waals surface area contributed by atoms with E-state index in [0.717, 1.165) is 86.5 Å². The van der Waals surface area contributed by atoms with Crippen LogP contribution < -0.4 is 38.9 Å². The van der Waals surface area contributed by atoms with E-state index in [2.05, 4.69) is 101 Å². The quantitative estimate of drug-likeness (QED) is 0.0486. The van der Waals surface area contributed by atoms with E-state index in [1.165, 1.54) is 74.7 Å². The summed E-state index contributed by atoms with van der Waals surface area (Å²) in [7, 11) is 0. The minimum absolute atomic E-state index is 0.0920. The zero-order valence-corrected chi connectivity index (χ0v) is 78.4. The molecule has 0 radical (unpaired) electrons. The molecule has 716 valence electrons. The minimum Gasteiger partial charge on any atom is -0.268 e. The van der Waals surface area contributed by atoms with Crippen LogP contribution in [0.2, 0.25) is 0 Å². The Hall–Kier alpha value is -19.7. The third-order valence-corrected chi connectivity index (χ3v) is 21.4. The Morgan fingerprint density at radius 2 is 0.428 bits per heavy atom. The zero-order valence-electron chi connectivity index (χ0n) is 78.4. The van der Waals surface area contributed by atoms with Crippen LogP contribution in [0.15, 0.2) is 466 Å². The number of hydrogen-bond acceptors (Lipinski definition) is 27. The molecule has 2 aromatic carbocycles. The minimum atomic E-state index is -0.157. The molecule has 21 aromatic rings. The number of aromatic nitrogens is 27. The van der Waals surface area contributed by atoms with Crippen molar-refractivity contribution >= 4 is 0 Å². The highest BCUT2D eigenvalue weighted by molar-refractivity contribution is 5.57. The van der Waals surface area contributed by atoms with Gasteiger partial charge in [-0.15, -0.1) is 0 Å². The van der Waals surface area contributed by atoms with E-state index in [4.69, 9.17) is 0 Å². The Bertz CT molecular complexity index is 7090. The van der Waals surface area contributed by atoms with Crippen LogP contribution in [0, 0.1) is 0 Å². The Morgan fingerprint density at radius 3 is 0.738 bits per heavy atom. The van der Waals surface area contributed by atoms with Gasteiger partial charge in [-0.05, 0) is 224 Å². The molecule has 0 bridgehead atoms. The fourth-order valence-corrected chi connectivity index (χ4v) is 14.0. The van der Waals surface area contributed by atoms with Gasteiger partial charge in [0.15, 0.2) is 0 Å². The number of benzene rings is 2. The third-order valence-electron chi connectivity index (χ3n) is 21.4. The molecule has 0 N–H and O–H groups in total. The molecule has 0 aliphatic carbocycles. The molecule has 0 saturated heterocycles. The van der Waals surface area contributed by atoms with Crippen LogP contribution in [-0.4, -0.2) is 133 Å². The highest BCUT2D eigenvalue weighted by atomic mass is 16.2. The molecule has 145 heavy (non-hydrogen) atoms. The summed E-state index contributed by atoms with van der Waals surface area (Å²) < 4.78 is 10.2. The molecule has 34 heteroatoms. The second kappa shape index (κ2) is 53.3. The maximum absolute atomic E-state index is 11.9. The molecule has 0 atom stereocenters. The average molecular weight is 1920 g/mol. The molecule has 0 aliphatic heterocycles. The van der Waals surface area contributed by atoms with Crippen LogP contribution in [0.5, 0.6) is 0 Å². The van der Waals surface area contributed by atoms with Crippen molar-refractivity contribution in [1.29, 1.82) is 0 Å². The van der Waals surface area contributed by atoms with Gasteiger partial charge < -0.3 is 0 Å². The molecule has 0 unspecified atom stereocenters. The van der Waals surface area contributed by atoms with Crippen molar-refractivity contribution in [3.05, 3.63) is 544 Å². The molecule has 0 spiro atoms. The fourth-order valence-electron chi connectivity index (χ4n) is 14.0. The van der Waals surface area contributed by atoms with Gasteiger partial charge >= 0.3 is 0 Å². The highest BCUT2D eigenvalue weighted by Gasteiger charge is 2.14. The van der Waals surface area contributed by atoms with Crippen LogP contribution in [0.1, 0.15) is 39.3 Å². The molecule has 19 aromatic heterocycles. The van der Waals surface area contributed by atoms with Gasteiger partial charge in [-0.1, -0.05) is 121 Å². The second-order valence-corrected chi connectivity index (χ2v) is 31.6. The molecular formula is C111H95N27O7. The van der Waals surface area contributed by atoms with Crippen LogP contribution in [0.3, 0.4) is 0 Å². The number of aryl methyl sites for hydroxylation is 10. The van der Waals surface area contributed by atoms with Crippen molar-refractivity contribution in [2.75, 3.05) is 0 Å². The summed E-state index contributed by atoms with van der Waals surface area (Å²) in [5.41, 5.74) is 16.3. The van der Waals surface area contributed by atoms with E-state index in [-0.39, 0.29) is 38.9 Å². The van der Waals surface area contributed by atoms with Gasteiger partial charge in [0.25, 0.3) is 38.9 Å². The predicted octanol–water partition coefficient (Wildman–Crippen LogP) is 13.8. The van der Waals surface area contributed by atoms with Gasteiger partial charge in [-0.3, -0.25) is 88.4 Å². The second-order valence-electron chi connectivity index (χ2n) is 31.6. The first kappa shape index (κ1) is 99.8. The van der Waals surface area contributed by atoms with Crippen molar-refractivity contribution in [3.63, 3.8) is 0 Å². The topological polar surface area (TPSA) is 412 Å². The highest BCUT2D eigenvalue weighted by Crippen LogP contribution is 2.19. The van der Waals surface area contributed by atoms with Crippen molar-refractivity contribution in [3.8, 4) is 79.7 Å². The van der Waals surface area contributed by atoms with Crippen molar-refractivity contribution in [1.82, 2.24) is 133 Å². The van der Waals surface area contributed by atoms with Crippen molar-refractivity contribution in [2.45, 2.75) is 77.9 Å². The molecular weight excluding hydrogens is 1820 g/mol. The number of nitrogens with zero attached hydrogens (tertiary/aromatic N) is 27. The lowest BCUT2D eigenvalue weighted by molar-refractivity contribution is 0.572. The largest absolute Gasteiger partial charge is 0.268 e. The van der Waals surface area contributed by atoms with Crippen molar-refractivity contribution in [2.24, 2.45) is 0 Å². The zero-order chi connectivity index (χ0) is 100. The summed E-state index contributed by atoms with van der Waals surface area (Å²) in [6.07, 6.45) is 27.5. The first-order valence-corrected chi connectivity index (χ1v) is 46.2. The van der Waals surface area contributed by atoms with Gasteiger partial charge in [0.05, 0.1) is 77.4 Å². The lowest BCUT2D eigenvalue weighted by Gasteiger charge is -2.06. The SMILES string of the molecule is O=c1ccc(-c2ccccn2)nn1CCc1ccccc1.O=c1ccc(-c2ccccn2)nn1CCc1ccccn1.O=c1ccc(-c2ccccn2)nn1CCc1cccnc1.O=c1ccc(-c2ccccn2)nn1CCc1cccnn1.O=c1ccc(-c2ccccn2)nn1CCc1ccncc1.O=c1ccc(-c2ccccn2)nn1Cc1ccccc1.O=c1ccc(-c2ccccn2)nn1Cc1ccccn1. The molecule has 21 rings (SSSR count). The molecule has 0 saturated carbocycles. The molecule has 0 amide bonds. The van der Waals surface area contributed by atoms with Crippen LogP contribution in [0.4, 0.5) is 0 Å². The Balaban J connectivity index is 0.000000127. The van der Waals surface area contributed by atoms with Crippen LogP contribution in [-0.2, 0) is 77.9 Å². The third kappa shape index (κ3) is 31.2. The van der Waals surface area contributed by atoms with Gasteiger partial charge in [0.1, 0.15) is 39.9 Å². The first-order chi connectivity index (χ1) is 71.3. The maximum atomic E-state index is 11.9. The Labute approximate surface area is 830 Å². The van der Waals surface area contributed by atoms with E-state index in [9.17, 15) is 33.6 Å². The summed E-state index contributed by atoms with van der Waals surface area (Å²) in [6.45, 7) is 3.37. The molecule has 19 heterocycles. The summed E-state index contributed by atoms with van der Waals surface area (Å²) in [6, 6.07) is 104. The monoisotopic (exact) mass is 1920 g/mol. The van der Waals surface area contributed by atoms with Crippen LogP contribution in [0.25, 0.3) is 79.7 Å². The lowest BCUT2D eigenvalue weighted by Crippen LogP contribution is -2.23. The standard InChI is InChI=1S/C17H15N3O.3C16H14N4O.C16H13N3O.C15H13N5O.C15H12N4O/c21-17-10-9-16(15-8-4-5-12-18-15)19-20(17)13-11-14-6-2-1-3-7-14;21-16-8-7-15(14-6-2-4-11-18-14)19-20(16)12-9-13-5-1-3-10-17-13;21-16-7-6-15(14-5-1-2-10-18-14)19-20(16)11-8-13-4-3-9-17-12-13;21-16-5-4-15(14-3-1-2-9-18-14)19-20(16)12-8-13-6-10-17-11-7-13;20-16-10-9-15(14-8-4-5-11-17-14)18-19(16)12-13-6-2-1-3-7-13;21-15-7-6-14(13-5-1-2-9-16-13)19-20(15)11-8-12-4-3-10-17-18-12;20-15-8-7-14(13-6-2-4-10-17-13)18-19(15)11-12-5-1-3-9-16-12/h1-10,12H,11,13H2;1-8,10-11H,9,12H2;1-7,9-10,12H,8,11H2;1-7,9-11H,8,12H2;1-11H,12H2;1-7,9-10H,8,11H2;1-10H,11H2. The smallest absolute Gasteiger partial charge is 0.267 e. The van der Waals surface area contributed by atoms with E-state index in [1.54, 1.807) is 135 Å². The molecule has 34 nitrogen and oxygen atoms in total. The summed E-state index contributed by atoms with van der Waals surface area (Å²) in [4.78, 5) is 129. The lowest BCUT2D eigenvalue weighted by atomic mass is 10.1. The fraction of sp³-hybridized carbons (Fsp3) is 0.108. The van der Waals surface area contributed by atoms with Gasteiger partial charge in [-0.25, -0.2) is 32.8 Å². The number of hydrogen-bond donors (Lipinski definition) is 0. The number of pyridine rings is 11. The van der Waals surface area contributed by atoms with E-state index < -0.39 is 0 Å². The first-order valence-electron chi connectivity index (χ1n) is 46.2.